The number of carbonyl (C=O) groups excluding carboxylic acids is 2. The Balaban J connectivity index is 2.18. The van der Waals surface area contributed by atoms with Crippen molar-refractivity contribution in [1.82, 2.24) is 4.90 Å². The lowest BCUT2D eigenvalue weighted by atomic mass is 10.1. The second-order valence-corrected chi connectivity index (χ2v) is 6.36. The maximum atomic E-state index is 12.9. The van der Waals surface area contributed by atoms with Crippen LogP contribution in [0.25, 0.3) is 0 Å². The molecule has 5 nitrogen and oxygen atoms in total. The van der Waals surface area contributed by atoms with Gasteiger partial charge in [-0.1, -0.05) is 30.3 Å². The molecule has 5 heteroatoms. The van der Waals surface area contributed by atoms with Gasteiger partial charge >= 0.3 is 0 Å². The standard InChI is InChI=1S/C21H23N3O2/c1-16(2)23(14-19-7-5-4-6-8-19)21(26)15-24(17(3)25)20-11-9-18(13-22)10-12-20/h4-12,16H,14-15H2,1-3H3. The SMILES string of the molecule is CC(=O)N(CC(=O)N(Cc1ccccc1)C(C)C)c1ccc(C#N)cc1. The molecule has 2 aromatic rings. The molecule has 0 aromatic heterocycles. The molecule has 0 unspecified atom stereocenters. The monoisotopic (exact) mass is 349 g/mol. The molecule has 26 heavy (non-hydrogen) atoms. The highest BCUT2D eigenvalue weighted by Gasteiger charge is 2.22. The number of nitrogens with zero attached hydrogens (tertiary/aromatic N) is 3. The third-order valence-electron chi connectivity index (χ3n) is 4.12. The summed E-state index contributed by atoms with van der Waals surface area (Å²) in [6.45, 7) is 5.81. The van der Waals surface area contributed by atoms with Crippen molar-refractivity contribution in [2.24, 2.45) is 0 Å². The average molecular weight is 349 g/mol. The molecule has 0 fully saturated rings. The predicted octanol–water partition coefficient (Wildman–Crippen LogP) is 3.35. The highest BCUT2D eigenvalue weighted by atomic mass is 16.2. The number of carbonyl (C=O) groups is 2. The molecule has 0 aliphatic heterocycles. The van der Waals surface area contributed by atoms with Crippen LogP contribution >= 0.6 is 0 Å². The van der Waals surface area contributed by atoms with Crippen molar-refractivity contribution < 1.29 is 9.59 Å². The Morgan fingerprint density at radius 2 is 1.65 bits per heavy atom. The van der Waals surface area contributed by atoms with Gasteiger partial charge in [0, 0.05) is 25.2 Å². The van der Waals surface area contributed by atoms with Gasteiger partial charge in [-0.25, -0.2) is 0 Å². The van der Waals surface area contributed by atoms with Crippen LogP contribution in [-0.4, -0.2) is 29.3 Å². The van der Waals surface area contributed by atoms with Gasteiger partial charge in [0.2, 0.25) is 11.8 Å². The van der Waals surface area contributed by atoms with Gasteiger partial charge < -0.3 is 9.80 Å². The first-order chi connectivity index (χ1) is 12.4. The average Bonchev–Trinajstić information content (AvgIpc) is 2.64. The van der Waals surface area contributed by atoms with E-state index in [2.05, 4.69) is 0 Å². The fourth-order valence-corrected chi connectivity index (χ4v) is 2.67. The van der Waals surface area contributed by atoms with Gasteiger partial charge in [0.15, 0.2) is 0 Å². The van der Waals surface area contributed by atoms with E-state index in [1.54, 1.807) is 29.2 Å². The van der Waals surface area contributed by atoms with Crippen LogP contribution in [0.15, 0.2) is 54.6 Å². The number of anilines is 1. The summed E-state index contributed by atoms with van der Waals surface area (Å²) in [6, 6.07) is 18.5. The fraction of sp³-hybridized carbons (Fsp3) is 0.286. The minimum absolute atomic E-state index is 0.0116. The van der Waals surface area contributed by atoms with Crippen LogP contribution in [0.2, 0.25) is 0 Å². The number of amides is 2. The Hall–Kier alpha value is -3.13. The normalized spacial score (nSPS) is 10.3. The summed E-state index contributed by atoms with van der Waals surface area (Å²) in [6.07, 6.45) is 0. The van der Waals surface area contributed by atoms with Crippen LogP contribution in [0, 0.1) is 11.3 Å². The van der Waals surface area contributed by atoms with Gasteiger partial charge in [0.05, 0.1) is 11.6 Å². The summed E-state index contributed by atoms with van der Waals surface area (Å²) in [5, 5.41) is 8.90. The van der Waals surface area contributed by atoms with Crippen molar-refractivity contribution in [3.8, 4) is 6.07 Å². The van der Waals surface area contributed by atoms with Crippen LogP contribution in [0.4, 0.5) is 5.69 Å². The summed E-state index contributed by atoms with van der Waals surface area (Å²) in [5.41, 5.74) is 2.16. The summed E-state index contributed by atoms with van der Waals surface area (Å²) >= 11 is 0. The third-order valence-corrected chi connectivity index (χ3v) is 4.12. The minimum Gasteiger partial charge on any atom is -0.334 e. The molecule has 0 saturated carbocycles. The van der Waals surface area contributed by atoms with Crippen molar-refractivity contribution in [3.63, 3.8) is 0 Å². The molecule has 0 N–H and O–H groups in total. The Kier molecular flexibility index (Phi) is 6.51. The first-order valence-corrected chi connectivity index (χ1v) is 8.54. The van der Waals surface area contributed by atoms with Crippen molar-refractivity contribution in [3.05, 3.63) is 65.7 Å². The Labute approximate surface area is 154 Å². The van der Waals surface area contributed by atoms with Gasteiger partial charge in [-0.2, -0.15) is 5.26 Å². The molecule has 0 heterocycles. The summed E-state index contributed by atoms with van der Waals surface area (Å²) in [7, 11) is 0. The molecule has 134 valence electrons. The second kappa shape index (κ2) is 8.82. The molecule has 0 aliphatic rings. The van der Waals surface area contributed by atoms with Gasteiger partial charge in [-0.15, -0.1) is 0 Å². The van der Waals surface area contributed by atoms with E-state index in [-0.39, 0.29) is 24.4 Å². The molecular formula is C21H23N3O2. The smallest absolute Gasteiger partial charge is 0.243 e. The van der Waals surface area contributed by atoms with Crippen LogP contribution < -0.4 is 4.90 Å². The van der Waals surface area contributed by atoms with E-state index in [4.69, 9.17) is 5.26 Å². The molecule has 0 aliphatic carbocycles. The third kappa shape index (κ3) is 4.93. The number of hydrogen-bond acceptors (Lipinski definition) is 3. The Bertz CT molecular complexity index is 792. The van der Waals surface area contributed by atoms with E-state index in [9.17, 15) is 9.59 Å². The number of hydrogen-bond donors (Lipinski definition) is 0. The minimum atomic E-state index is -0.216. The summed E-state index contributed by atoms with van der Waals surface area (Å²) in [4.78, 5) is 28.1. The molecule has 2 amide bonds. The summed E-state index contributed by atoms with van der Waals surface area (Å²) in [5.74, 6) is -0.338. The van der Waals surface area contributed by atoms with Crippen LogP contribution in [-0.2, 0) is 16.1 Å². The van der Waals surface area contributed by atoms with E-state index >= 15 is 0 Å². The number of rotatable bonds is 6. The summed E-state index contributed by atoms with van der Waals surface area (Å²) < 4.78 is 0. The maximum Gasteiger partial charge on any atom is 0.243 e. The molecule has 0 spiro atoms. The van der Waals surface area contributed by atoms with Crippen LogP contribution in [0.1, 0.15) is 31.9 Å². The zero-order chi connectivity index (χ0) is 19.1. The second-order valence-electron chi connectivity index (χ2n) is 6.36. The molecule has 2 rings (SSSR count). The van der Waals surface area contributed by atoms with Gasteiger partial charge in [0.25, 0.3) is 0 Å². The van der Waals surface area contributed by atoms with E-state index in [1.165, 1.54) is 11.8 Å². The first-order valence-electron chi connectivity index (χ1n) is 8.54. The van der Waals surface area contributed by atoms with E-state index in [0.29, 0.717) is 17.8 Å². The lowest BCUT2D eigenvalue weighted by Gasteiger charge is -2.30. The van der Waals surface area contributed by atoms with E-state index < -0.39 is 0 Å². The van der Waals surface area contributed by atoms with Crippen molar-refractivity contribution in [1.29, 1.82) is 5.26 Å². The zero-order valence-electron chi connectivity index (χ0n) is 15.3. The van der Waals surface area contributed by atoms with Gasteiger partial charge in [-0.3, -0.25) is 9.59 Å². The molecule has 0 bridgehead atoms. The largest absolute Gasteiger partial charge is 0.334 e. The molecular weight excluding hydrogens is 326 g/mol. The molecule has 2 aromatic carbocycles. The number of nitriles is 1. The fourth-order valence-electron chi connectivity index (χ4n) is 2.67. The lowest BCUT2D eigenvalue weighted by Crippen LogP contribution is -2.44. The van der Waals surface area contributed by atoms with Gasteiger partial charge in [0.1, 0.15) is 6.54 Å². The maximum absolute atomic E-state index is 12.9. The van der Waals surface area contributed by atoms with Crippen molar-refractivity contribution in [2.45, 2.75) is 33.4 Å². The van der Waals surface area contributed by atoms with Crippen molar-refractivity contribution in [2.75, 3.05) is 11.4 Å². The van der Waals surface area contributed by atoms with Crippen LogP contribution in [0.5, 0.6) is 0 Å². The zero-order valence-corrected chi connectivity index (χ0v) is 15.3. The Morgan fingerprint density at radius 1 is 1.04 bits per heavy atom. The Morgan fingerprint density at radius 3 is 2.15 bits per heavy atom. The highest BCUT2D eigenvalue weighted by Crippen LogP contribution is 2.17. The lowest BCUT2D eigenvalue weighted by molar-refractivity contribution is -0.133. The van der Waals surface area contributed by atoms with Crippen LogP contribution in [0.3, 0.4) is 0 Å². The topological polar surface area (TPSA) is 64.4 Å². The molecule has 0 saturated heterocycles. The molecule has 0 atom stereocenters. The number of benzene rings is 2. The predicted molar refractivity (Wildman–Crippen MR) is 101 cm³/mol. The quantitative estimate of drug-likeness (QED) is 0.803. The van der Waals surface area contributed by atoms with Gasteiger partial charge in [-0.05, 0) is 43.7 Å². The molecule has 0 radical (unpaired) electrons. The highest BCUT2D eigenvalue weighted by molar-refractivity contribution is 5.97. The van der Waals surface area contributed by atoms with Crippen molar-refractivity contribution >= 4 is 17.5 Å². The van der Waals surface area contributed by atoms with E-state index in [0.717, 1.165) is 5.56 Å². The van der Waals surface area contributed by atoms with E-state index in [1.807, 2.05) is 50.2 Å². The first kappa shape index (κ1) is 19.2.